The van der Waals surface area contributed by atoms with Gasteiger partial charge >= 0.3 is 0 Å². The van der Waals surface area contributed by atoms with E-state index in [4.69, 9.17) is 4.74 Å². The number of ether oxygens (including phenoxy) is 1. The van der Waals surface area contributed by atoms with Crippen molar-refractivity contribution in [1.29, 1.82) is 0 Å². The normalized spacial score (nSPS) is 16.7. The van der Waals surface area contributed by atoms with Crippen molar-refractivity contribution in [2.75, 3.05) is 12.4 Å². The van der Waals surface area contributed by atoms with E-state index in [1.807, 2.05) is 42.5 Å². The Morgan fingerprint density at radius 2 is 1.78 bits per heavy atom. The van der Waals surface area contributed by atoms with E-state index in [0.29, 0.717) is 6.42 Å². The van der Waals surface area contributed by atoms with Crippen LogP contribution in [-0.2, 0) is 4.79 Å². The van der Waals surface area contributed by atoms with Crippen LogP contribution in [-0.4, -0.2) is 13.0 Å². The van der Waals surface area contributed by atoms with Crippen molar-refractivity contribution in [2.45, 2.75) is 12.3 Å². The molecule has 1 aliphatic heterocycles. The SMILES string of the molecule is COc1ccccc1[C@H]1CC(=O)Nc2ccc3ccccc3c21. The van der Waals surface area contributed by atoms with E-state index in [2.05, 4.69) is 23.5 Å². The summed E-state index contributed by atoms with van der Waals surface area (Å²) in [5.74, 6) is 0.871. The molecule has 0 saturated carbocycles. The van der Waals surface area contributed by atoms with Crippen molar-refractivity contribution in [2.24, 2.45) is 0 Å². The van der Waals surface area contributed by atoms with E-state index >= 15 is 0 Å². The average Bonchev–Trinajstić information content (AvgIpc) is 2.60. The molecule has 23 heavy (non-hydrogen) atoms. The second-order valence-corrected chi connectivity index (χ2v) is 5.79. The third-order valence-corrected chi connectivity index (χ3v) is 4.50. The number of para-hydroxylation sites is 1. The van der Waals surface area contributed by atoms with Gasteiger partial charge in [-0.3, -0.25) is 4.79 Å². The largest absolute Gasteiger partial charge is 0.496 e. The number of nitrogens with one attached hydrogen (secondary N) is 1. The Labute approximate surface area is 134 Å². The molecule has 3 aromatic carbocycles. The van der Waals surface area contributed by atoms with Crippen LogP contribution in [0.25, 0.3) is 10.8 Å². The van der Waals surface area contributed by atoms with Crippen LogP contribution in [0.3, 0.4) is 0 Å². The van der Waals surface area contributed by atoms with Crippen LogP contribution in [0.1, 0.15) is 23.5 Å². The van der Waals surface area contributed by atoms with E-state index in [9.17, 15) is 4.79 Å². The first kappa shape index (κ1) is 13.8. The molecule has 0 aliphatic carbocycles. The monoisotopic (exact) mass is 303 g/mol. The lowest BCUT2D eigenvalue weighted by Gasteiger charge is -2.28. The maximum absolute atomic E-state index is 12.2. The fourth-order valence-corrected chi connectivity index (χ4v) is 3.49. The molecular formula is C20H17NO2. The molecule has 0 fully saturated rings. The first-order valence-corrected chi connectivity index (χ1v) is 7.72. The molecule has 1 amide bonds. The quantitative estimate of drug-likeness (QED) is 0.765. The third kappa shape index (κ3) is 2.25. The molecule has 1 aliphatic rings. The summed E-state index contributed by atoms with van der Waals surface area (Å²) in [7, 11) is 1.67. The average molecular weight is 303 g/mol. The zero-order valence-electron chi connectivity index (χ0n) is 12.9. The molecule has 1 heterocycles. The van der Waals surface area contributed by atoms with Gasteiger partial charge in [-0.1, -0.05) is 48.5 Å². The number of amides is 1. The van der Waals surface area contributed by atoms with Crippen molar-refractivity contribution in [3.63, 3.8) is 0 Å². The van der Waals surface area contributed by atoms with Crippen molar-refractivity contribution in [3.8, 4) is 5.75 Å². The molecule has 4 rings (SSSR count). The van der Waals surface area contributed by atoms with E-state index in [1.165, 1.54) is 16.3 Å². The number of carbonyl (C=O) groups is 1. The second-order valence-electron chi connectivity index (χ2n) is 5.79. The number of carbonyl (C=O) groups excluding carboxylic acids is 1. The van der Waals surface area contributed by atoms with Crippen LogP contribution in [0.4, 0.5) is 5.69 Å². The molecule has 0 unspecified atom stereocenters. The molecular weight excluding hydrogens is 286 g/mol. The minimum atomic E-state index is 0.000926. The number of rotatable bonds is 2. The number of benzene rings is 3. The van der Waals surface area contributed by atoms with Gasteiger partial charge in [0.1, 0.15) is 5.75 Å². The predicted octanol–water partition coefficient (Wildman–Crippen LogP) is 4.32. The molecule has 3 heteroatoms. The summed E-state index contributed by atoms with van der Waals surface area (Å²) in [6.07, 6.45) is 0.432. The highest BCUT2D eigenvalue weighted by atomic mass is 16.5. The summed E-state index contributed by atoms with van der Waals surface area (Å²) in [5, 5.41) is 5.37. The Hall–Kier alpha value is -2.81. The highest BCUT2D eigenvalue weighted by molar-refractivity contribution is 6.01. The number of hydrogen-bond donors (Lipinski definition) is 1. The minimum absolute atomic E-state index is 0.000926. The van der Waals surface area contributed by atoms with Crippen LogP contribution >= 0.6 is 0 Å². The van der Waals surface area contributed by atoms with Gasteiger partial charge in [-0.25, -0.2) is 0 Å². The highest BCUT2D eigenvalue weighted by Crippen LogP contribution is 2.43. The molecule has 1 N–H and O–H groups in total. The lowest BCUT2D eigenvalue weighted by molar-refractivity contribution is -0.116. The zero-order chi connectivity index (χ0) is 15.8. The van der Waals surface area contributed by atoms with Crippen LogP contribution < -0.4 is 10.1 Å². The zero-order valence-corrected chi connectivity index (χ0v) is 12.9. The second kappa shape index (κ2) is 5.43. The van der Waals surface area contributed by atoms with Crippen LogP contribution in [0, 0.1) is 0 Å². The third-order valence-electron chi connectivity index (χ3n) is 4.50. The van der Waals surface area contributed by atoms with Crippen molar-refractivity contribution in [3.05, 3.63) is 71.8 Å². The number of anilines is 1. The molecule has 3 nitrogen and oxygen atoms in total. The van der Waals surface area contributed by atoms with Crippen LogP contribution in [0.5, 0.6) is 5.75 Å². The Morgan fingerprint density at radius 1 is 1.00 bits per heavy atom. The molecule has 0 aromatic heterocycles. The topological polar surface area (TPSA) is 38.3 Å². The molecule has 0 spiro atoms. The van der Waals surface area contributed by atoms with Crippen molar-refractivity contribution >= 4 is 22.4 Å². The lowest BCUT2D eigenvalue weighted by Crippen LogP contribution is -2.24. The maximum Gasteiger partial charge on any atom is 0.225 e. The number of fused-ring (bicyclic) bond motifs is 3. The van der Waals surface area contributed by atoms with Crippen LogP contribution in [0.2, 0.25) is 0 Å². The highest BCUT2D eigenvalue weighted by Gasteiger charge is 2.29. The van der Waals surface area contributed by atoms with Gasteiger partial charge in [0.2, 0.25) is 5.91 Å². The summed E-state index contributed by atoms with van der Waals surface area (Å²) in [6, 6.07) is 20.3. The van der Waals surface area contributed by atoms with E-state index < -0.39 is 0 Å². The molecule has 114 valence electrons. The molecule has 3 aromatic rings. The number of hydrogen-bond acceptors (Lipinski definition) is 2. The van der Waals surface area contributed by atoms with Gasteiger partial charge in [0, 0.05) is 23.6 Å². The van der Waals surface area contributed by atoms with Crippen molar-refractivity contribution in [1.82, 2.24) is 0 Å². The fourth-order valence-electron chi connectivity index (χ4n) is 3.49. The van der Waals surface area contributed by atoms with Gasteiger partial charge in [0.25, 0.3) is 0 Å². The van der Waals surface area contributed by atoms with E-state index in [0.717, 1.165) is 17.0 Å². The summed E-state index contributed by atoms with van der Waals surface area (Å²) in [6.45, 7) is 0. The fraction of sp³-hybridized carbons (Fsp3) is 0.150. The predicted molar refractivity (Wildman–Crippen MR) is 92.0 cm³/mol. The molecule has 0 saturated heterocycles. The van der Waals surface area contributed by atoms with E-state index in [1.54, 1.807) is 7.11 Å². The van der Waals surface area contributed by atoms with Gasteiger partial charge in [-0.05, 0) is 28.5 Å². The van der Waals surface area contributed by atoms with Gasteiger partial charge in [-0.15, -0.1) is 0 Å². The smallest absolute Gasteiger partial charge is 0.225 e. The Morgan fingerprint density at radius 3 is 2.65 bits per heavy atom. The van der Waals surface area contributed by atoms with Crippen molar-refractivity contribution < 1.29 is 9.53 Å². The molecule has 1 atom stereocenters. The van der Waals surface area contributed by atoms with Gasteiger partial charge in [0.05, 0.1) is 7.11 Å². The summed E-state index contributed by atoms with van der Waals surface area (Å²) in [4.78, 5) is 12.2. The molecule has 0 radical (unpaired) electrons. The summed E-state index contributed by atoms with van der Waals surface area (Å²) in [5.41, 5.74) is 3.13. The first-order chi connectivity index (χ1) is 11.3. The first-order valence-electron chi connectivity index (χ1n) is 7.72. The van der Waals surface area contributed by atoms with Crippen LogP contribution in [0.15, 0.2) is 60.7 Å². The Bertz CT molecular complexity index is 901. The van der Waals surface area contributed by atoms with Gasteiger partial charge in [0.15, 0.2) is 0 Å². The lowest BCUT2D eigenvalue weighted by atomic mass is 9.81. The standard InChI is InChI=1S/C20H17NO2/c1-23-18-9-5-4-8-15(18)16-12-19(22)21-17-11-10-13-6-2-3-7-14(13)20(16)17/h2-11,16H,12H2,1H3,(H,21,22)/t16-/m1/s1. The summed E-state index contributed by atoms with van der Waals surface area (Å²) < 4.78 is 5.53. The van der Waals surface area contributed by atoms with E-state index in [-0.39, 0.29) is 11.8 Å². The summed E-state index contributed by atoms with van der Waals surface area (Å²) >= 11 is 0. The Kier molecular flexibility index (Phi) is 3.27. The van der Waals surface area contributed by atoms with Gasteiger partial charge < -0.3 is 10.1 Å². The number of methoxy groups -OCH3 is 1. The minimum Gasteiger partial charge on any atom is -0.496 e. The molecule has 0 bridgehead atoms. The Balaban J connectivity index is 2.00. The maximum atomic E-state index is 12.2. The van der Waals surface area contributed by atoms with Gasteiger partial charge in [-0.2, -0.15) is 0 Å².